The molecule has 98 valence electrons. The predicted molar refractivity (Wildman–Crippen MR) is 78.3 cm³/mol. The van der Waals surface area contributed by atoms with Crippen LogP contribution in [-0.4, -0.2) is 26.2 Å². The molecule has 1 aliphatic rings. The van der Waals surface area contributed by atoms with Gasteiger partial charge in [-0.25, -0.2) is 9.59 Å². The lowest BCUT2D eigenvalue weighted by Gasteiger charge is -2.09. The van der Waals surface area contributed by atoms with Crippen LogP contribution in [0.4, 0.5) is 0 Å². The Kier molecular flexibility index (Phi) is 4.10. The van der Waals surface area contributed by atoms with Gasteiger partial charge in [-0.1, -0.05) is 20.7 Å². The van der Waals surface area contributed by atoms with Crippen molar-refractivity contribution in [3.05, 3.63) is 51.3 Å². The van der Waals surface area contributed by atoms with E-state index in [9.17, 15) is 9.59 Å². The highest BCUT2D eigenvalue weighted by atomic mass is 127. The van der Waals surface area contributed by atoms with Gasteiger partial charge in [-0.2, -0.15) is 0 Å². The lowest BCUT2D eigenvalue weighted by atomic mass is 10.1. The molecule has 0 saturated carbocycles. The summed E-state index contributed by atoms with van der Waals surface area (Å²) in [6.07, 6.45) is 3.59. The first-order valence-corrected chi connectivity index (χ1v) is 7.67. The Morgan fingerprint density at radius 2 is 1.68 bits per heavy atom. The second-order valence-electron chi connectivity index (χ2n) is 3.57. The summed E-state index contributed by atoms with van der Waals surface area (Å²) in [5.74, 6) is -1.64. The van der Waals surface area contributed by atoms with Gasteiger partial charge < -0.3 is 14.9 Å². The zero-order valence-electron chi connectivity index (χ0n) is 9.54. The SMILES string of the molecule is O=C(O)c1cc(OC2=CC=IC=C2)cc(C(=O)O)c1. The van der Waals surface area contributed by atoms with E-state index < -0.39 is 11.9 Å². The van der Waals surface area contributed by atoms with E-state index in [1.54, 1.807) is 12.2 Å². The Bertz CT molecular complexity index is 596. The Labute approximate surface area is 118 Å². The largest absolute Gasteiger partial charge is 0.478 e. The van der Waals surface area contributed by atoms with Crippen molar-refractivity contribution < 1.29 is 24.5 Å². The number of ether oxygens (including phenoxy) is 1. The Morgan fingerprint density at radius 3 is 2.16 bits per heavy atom. The van der Waals surface area contributed by atoms with E-state index in [1.165, 1.54) is 12.1 Å². The van der Waals surface area contributed by atoms with Crippen molar-refractivity contribution in [2.24, 2.45) is 0 Å². The molecule has 1 aromatic rings. The van der Waals surface area contributed by atoms with Gasteiger partial charge >= 0.3 is 11.9 Å². The molecule has 0 atom stereocenters. The van der Waals surface area contributed by atoms with Crippen molar-refractivity contribution in [3.63, 3.8) is 0 Å². The van der Waals surface area contributed by atoms with E-state index in [2.05, 4.69) is 0 Å². The van der Waals surface area contributed by atoms with E-state index in [0.29, 0.717) is 5.76 Å². The maximum atomic E-state index is 10.9. The quantitative estimate of drug-likeness (QED) is 0.794. The first kappa shape index (κ1) is 13.5. The van der Waals surface area contributed by atoms with Gasteiger partial charge in [0.25, 0.3) is 0 Å². The van der Waals surface area contributed by atoms with E-state index in [-0.39, 0.29) is 37.6 Å². The van der Waals surface area contributed by atoms with Gasteiger partial charge in [0.2, 0.25) is 0 Å². The van der Waals surface area contributed by atoms with Crippen LogP contribution >= 0.6 is 20.7 Å². The fourth-order valence-corrected chi connectivity index (χ4v) is 2.77. The van der Waals surface area contributed by atoms with Crippen LogP contribution in [0.15, 0.2) is 40.2 Å². The van der Waals surface area contributed by atoms with Crippen LogP contribution < -0.4 is 4.74 Å². The summed E-state index contributed by atoms with van der Waals surface area (Å²) < 4.78 is 9.46. The molecule has 0 radical (unpaired) electrons. The van der Waals surface area contributed by atoms with Gasteiger partial charge in [0.15, 0.2) is 0 Å². The van der Waals surface area contributed by atoms with E-state index in [4.69, 9.17) is 14.9 Å². The van der Waals surface area contributed by atoms with Crippen molar-refractivity contribution in [1.82, 2.24) is 0 Å². The molecular weight excluding hydrogens is 363 g/mol. The van der Waals surface area contributed by atoms with Gasteiger partial charge in [-0.15, -0.1) is 0 Å². The number of allylic oxidation sites excluding steroid dienone is 2. The maximum absolute atomic E-state index is 10.9. The lowest BCUT2D eigenvalue weighted by molar-refractivity contribution is 0.0696. The summed E-state index contributed by atoms with van der Waals surface area (Å²) >= 11 is -0.0728. The molecule has 1 heterocycles. The first-order chi connectivity index (χ1) is 9.06. The molecule has 0 fully saturated rings. The summed E-state index contributed by atoms with van der Waals surface area (Å²) in [5, 5.41) is 17.9. The zero-order chi connectivity index (χ0) is 13.8. The fraction of sp³-hybridized carbons (Fsp3) is 0. The van der Waals surface area contributed by atoms with Crippen LogP contribution in [-0.2, 0) is 0 Å². The topological polar surface area (TPSA) is 83.8 Å². The molecule has 0 spiro atoms. The fourth-order valence-electron chi connectivity index (χ4n) is 1.40. The van der Waals surface area contributed by atoms with Gasteiger partial charge in [-0.3, -0.25) is 0 Å². The summed E-state index contributed by atoms with van der Waals surface area (Å²) in [6, 6.07) is 3.69. The smallest absolute Gasteiger partial charge is 0.335 e. The van der Waals surface area contributed by atoms with E-state index in [1.807, 2.05) is 8.09 Å². The first-order valence-electron chi connectivity index (χ1n) is 5.18. The summed E-state index contributed by atoms with van der Waals surface area (Å²) in [4.78, 5) is 21.9. The van der Waals surface area contributed by atoms with E-state index in [0.717, 1.165) is 6.07 Å². The molecule has 0 bridgehead atoms. The van der Waals surface area contributed by atoms with Crippen molar-refractivity contribution in [2.75, 3.05) is 0 Å². The Hall–Kier alpha value is -1.96. The van der Waals surface area contributed by atoms with Crippen LogP contribution in [0.2, 0.25) is 0 Å². The highest BCUT2D eigenvalue weighted by Gasteiger charge is 2.12. The summed E-state index contributed by atoms with van der Waals surface area (Å²) in [7, 11) is 0. The van der Waals surface area contributed by atoms with Crippen LogP contribution in [0.25, 0.3) is 0 Å². The minimum atomic E-state index is -1.20. The minimum Gasteiger partial charge on any atom is -0.478 e. The number of halogens is 1. The molecule has 1 aliphatic heterocycles. The standard InChI is InChI=1S/C13H9IO5/c15-12(16)8-5-9(13(17)18)7-11(6-8)19-10-1-3-14-4-2-10/h1-7H,(H,15,16)(H,17,18). The molecule has 6 heteroatoms. The molecule has 0 aromatic heterocycles. The molecule has 0 unspecified atom stereocenters. The van der Waals surface area contributed by atoms with Gasteiger partial charge in [0, 0.05) is 0 Å². The third kappa shape index (κ3) is 3.50. The number of carboxylic acid groups (broad SMARTS) is 2. The number of carboxylic acids is 2. The molecule has 2 N–H and O–H groups in total. The van der Waals surface area contributed by atoms with Gasteiger partial charge in [-0.05, 0) is 38.4 Å². The molecule has 1 aromatic carbocycles. The average molecular weight is 372 g/mol. The van der Waals surface area contributed by atoms with Crippen molar-refractivity contribution in [2.45, 2.75) is 0 Å². The van der Waals surface area contributed by atoms with Crippen LogP contribution in [0, 0.1) is 0 Å². The summed E-state index contributed by atoms with van der Waals surface area (Å²) in [6.45, 7) is 0. The molecule has 0 saturated heterocycles. The predicted octanol–water partition coefficient (Wildman–Crippen LogP) is 2.65. The molecule has 2 rings (SSSR count). The van der Waals surface area contributed by atoms with Gasteiger partial charge in [0.05, 0.1) is 11.1 Å². The van der Waals surface area contributed by atoms with Crippen molar-refractivity contribution in [1.29, 1.82) is 0 Å². The van der Waals surface area contributed by atoms with Crippen LogP contribution in [0.1, 0.15) is 20.7 Å². The van der Waals surface area contributed by atoms with Crippen molar-refractivity contribution in [3.8, 4) is 5.75 Å². The van der Waals surface area contributed by atoms with E-state index >= 15 is 0 Å². The Balaban J connectivity index is 2.36. The normalized spacial score (nSPS) is 13.4. The number of rotatable bonds is 4. The average Bonchev–Trinajstić information content (AvgIpc) is 2.39. The monoisotopic (exact) mass is 372 g/mol. The molecular formula is C13H9IO5. The number of hydrogen-bond donors (Lipinski definition) is 2. The molecule has 0 amide bonds. The number of hydrogen-bond acceptors (Lipinski definition) is 3. The number of carbonyl (C=O) groups is 2. The third-order valence-corrected chi connectivity index (χ3v) is 3.79. The number of aromatic carboxylic acids is 2. The van der Waals surface area contributed by atoms with Crippen LogP contribution in [0.3, 0.4) is 0 Å². The zero-order valence-corrected chi connectivity index (χ0v) is 11.7. The highest BCUT2D eigenvalue weighted by Crippen LogP contribution is 2.21. The molecule has 5 nitrogen and oxygen atoms in total. The molecule has 0 aliphatic carbocycles. The lowest BCUT2D eigenvalue weighted by Crippen LogP contribution is -2.04. The highest BCUT2D eigenvalue weighted by molar-refractivity contribution is 14.2. The number of benzene rings is 1. The van der Waals surface area contributed by atoms with Crippen LogP contribution in [0.5, 0.6) is 5.75 Å². The summed E-state index contributed by atoms with van der Waals surface area (Å²) in [5.41, 5.74) is -0.238. The second-order valence-corrected chi connectivity index (χ2v) is 5.73. The second kappa shape index (κ2) is 5.79. The maximum Gasteiger partial charge on any atom is 0.335 e. The Morgan fingerprint density at radius 1 is 1.05 bits per heavy atom. The third-order valence-electron chi connectivity index (χ3n) is 2.24. The van der Waals surface area contributed by atoms with Crippen molar-refractivity contribution >= 4 is 36.7 Å². The minimum absolute atomic E-state index is 0.0728. The molecule has 19 heavy (non-hydrogen) atoms. The van der Waals surface area contributed by atoms with Gasteiger partial charge in [0.1, 0.15) is 11.5 Å².